The molecule has 2 heterocycles. The van der Waals surface area contributed by atoms with Gasteiger partial charge in [-0.1, -0.05) is 0 Å². The number of carbonyl (C=O) groups is 1. The van der Waals surface area contributed by atoms with Gasteiger partial charge in [0.15, 0.2) is 27.9 Å². The standard InChI is InChI=1S/C14H17NO6S/c16-14(15-10-3-6-22(17,18)9-10)8-21-11-1-2-12-13(7-11)20-5-4-19-12/h1-2,7,10H,3-6,8-9H2,(H,15,16). The van der Waals surface area contributed by atoms with Crippen molar-refractivity contribution in [2.24, 2.45) is 0 Å². The van der Waals surface area contributed by atoms with Crippen LogP contribution in [0.2, 0.25) is 0 Å². The third-order valence-corrected chi connectivity index (χ3v) is 5.25. The second kappa shape index (κ2) is 6.04. The van der Waals surface area contributed by atoms with Gasteiger partial charge in [0.25, 0.3) is 5.91 Å². The lowest BCUT2D eigenvalue weighted by molar-refractivity contribution is -0.123. The van der Waals surface area contributed by atoms with Crippen LogP contribution in [0.5, 0.6) is 17.2 Å². The Morgan fingerprint density at radius 1 is 1.27 bits per heavy atom. The number of rotatable bonds is 4. The Morgan fingerprint density at radius 3 is 2.77 bits per heavy atom. The predicted molar refractivity (Wildman–Crippen MR) is 78.1 cm³/mol. The summed E-state index contributed by atoms with van der Waals surface area (Å²) in [6.07, 6.45) is 0.456. The van der Waals surface area contributed by atoms with Gasteiger partial charge in [0.2, 0.25) is 0 Å². The molecular weight excluding hydrogens is 310 g/mol. The number of sulfone groups is 1. The van der Waals surface area contributed by atoms with Crippen LogP contribution in [0.3, 0.4) is 0 Å². The topological polar surface area (TPSA) is 90.9 Å². The van der Waals surface area contributed by atoms with Crippen molar-refractivity contribution in [1.82, 2.24) is 5.32 Å². The largest absolute Gasteiger partial charge is 0.486 e. The Balaban J connectivity index is 1.51. The minimum atomic E-state index is -3.00. The van der Waals surface area contributed by atoms with E-state index in [0.29, 0.717) is 36.9 Å². The summed E-state index contributed by atoms with van der Waals surface area (Å²) in [4.78, 5) is 11.8. The highest BCUT2D eigenvalue weighted by atomic mass is 32.2. The molecule has 0 bridgehead atoms. The summed E-state index contributed by atoms with van der Waals surface area (Å²) in [5.41, 5.74) is 0. The molecule has 1 fully saturated rings. The number of carbonyl (C=O) groups excluding carboxylic acids is 1. The molecule has 120 valence electrons. The van der Waals surface area contributed by atoms with Crippen LogP contribution in [0, 0.1) is 0 Å². The van der Waals surface area contributed by atoms with Gasteiger partial charge in [-0.25, -0.2) is 8.42 Å². The maximum atomic E-state index is 11.8. The molecular formula is C14H17NO6S. The molecule has 22 heavy (non-hydrogen) atoms. The smallest absolute Gasteiger partial charge is 0.258 e. The molecule has 0 spiro atoms. The lowest BCUT2D eigenvalue weighted by atomic mass is 10.2. The number of fused-ring (bicyclic) bond motifs is 1. The van der Waals surface area contributed by atoms with Crippen LogP contribution in [-0.2, 0) is 14.6 Å². The SMILES string of the molecule is O=C(COc1ccc2c(c1)OCCO2)NC1CCS(=O)(=O)C1. The third-order valence-electron chi connectivity index (χ3n) is 3.48. The van der Waals surface area contributed by atoms with Gasteiger partial charge in [0.05, 0.1) is 11.5 Å². The van der Waals surface area contributed by atoms with Gasteiger partial charge in [-0.15, -0.1) is 0 Å². The summed E-state index contributed by atoms with van der Waals surface area (Å²) in [5.74, 6) is 1.53. The molecule has 0 aliphatic carbocycles. The van der Waals surface area contributed by atoms with E-state index >= 15 is 0 Å². The summed E-state index contributed by atoms with van der Waals surface area (Å²) < 4.78 is 38.9. The van der Waals surface area contributed by atoms with Gasteiger partial charge in [-0.3, -0.25) is 4.79 Å². The zero-order chi connectivity index (χ0) is 15.6. The molecule has 1 aromatic rings. The lowest BCUT2D eigenvalue weighted by Crippen LogP contribution is -2.38. The van der Waals surface area contributed by atoms with E-state index in [1.54, 1.807) is 18.2 Å². The fourth-order valence-corrected chi connectivity index (χ4v) is 4.11. The zero-order valence-corrected chi connectivity index (χ0v) is 12.7. The maximum Gasteiger partial charge on any atom is 0.258 e. The van der Waals surface area contributed by atoms with Crippen molar-refractivity contribution < 1.29 is 27.4 Å². The molecule has 1 atom stereocenters. The summed E-state index contributed by atoms with van der Waals surface area (Å²) in [5, 5.41) is 2.67. The van der Waals surface area contributed by atoms with Gasteiger partial charge in [0.1, 0.15) is 19.0 Å². The van der Waals surface area contributed by atoms with Gasteiger partial charge in [0, 0.05) is 12.1 Å². The predicted octanol–water partition coefficient (Wildman–Crippen LogP) is 0.140. The van der Waals surface area contributed by atoms with E-state index in [4.69, 9.17) is 14.2 Å². The number of nitrogens with one attached hydrogen (secondary N) is 1. The van der Waals surface area contributed by atoms with E-state index in [1.807, 2.05) is 0 Å². The average molecular weight is 327 g/mol. The molecule has 8 heteroatoms. The summed E-state index contributed by atoms with van der Waals surface area (Å²) in [7, 11) is -3.00. The van der Waals surface area contributed by atoms with Crippen molar-refractivity contribution in [2.75, 3.05) is 31.3 Å². The Kier molecular flexibility index (Phi) is 4.10. The number of hydrogen-bond acceptors (Lipinski definition) is 6. The van der Waals surface area contributed by atoms with E-state index in [2.05, 4.69) is 5.32 Å². The molecule has 1 aromatic carbocycles. The molecule has 2 aliphatic heterocycles. The Bertz CT molecular complexity index is 672. The van der Waals surface area contributed by atoms with Crippen LogP contribution in [0.1, 0.15) is 6.42 Å². The molecule has 0 aromatic heterocycles. The van der Waals surface area contributed by atoms with Crippen molar-refractivity contribution >= 4 is 15.7 Å². The van der Waals surface area contributed by atoms with E-state index < -0.39 is 9.84 Å². The first-order chi connectivity index (χ1) is 10.5. The molecule has 1 unspecified atom stereocenters. The minimum Gasteiger partial charge on any atom is -0.486 e. The lowest BCUT2D eigenvalue weighted by Gasteiger charge is -2.19. The monoisotopic (exact) mass is 327 g/mol. The highest BCUT2D eigenvalue weighted by Gasteiger charge is 2.28. The van der Waals surface area contributed by atoms with Crippen molar-refractivity contribution in [3.63, 3.8) is 0 Å². The van der Waals surface area contributed by atoms with Crippen molar-refractivity contribution in [1.29, 1.82) is 0 Å². The second-order valence-electron chi connectivity index (χ2n) is 5.26. The zero-order valence-electron chi connectivity index (χ0n) is 11.9. The second-order valence-corrected chi connectivity index (χ2v) is 7.49. The minimum absolute atomic E-state index is 0.00274. The van der Waals surface area contributed by atoms with E-state index in [-0.39, 0.29) is 30.1 Å². The summed E-state index contributed by atoms with van der Waals surface area (Å²) >= 11 is 0. The summed E-state index contributed by atoms with van der Waals surface area (Å²) in [6, 6.07) is 4.77. The highest BCUT2D eigenvalue weighted by Crippen LogP contribution is 2.33. The first-order valence-corrected chi connectivity index (χ1v) is 8.86. The van der Waals surface area contributed by atoms with Crippen LogP contribution >= 0.6 is 0 Å². The van der Waals surface area contributed by atoms with Crippen LogP contribution in [0.25, 0.3) is 0 Å². The van der Waals surface area contributed by atoms with Gasteiger partial charge in [-0.2, -0.15) is 0 Å². The van der Waals surface area contributed by atoms with Gasteiger partial charge >= 0.3 is 0 Å². The van der Waals surface area contributed by atoms with Gasteiger partial charge in [-0.05, 0) is 18.6 Å². The molecule has 0 saturated carbocycles. The molecule has 1 saturated heterocycles. The fourth-order valence-electron chi connectivity index (χ4n) is 2.44. The Morgan fingerprint density at radius 2 is 2.05 bits per heavy atom. The molecule has 1 amide bonds. The van der Waals surface area contributed by atoms with Crippen LogP contribution in [0.4, 0.5) is 0 Å². The third kappa shape index (κ3) is 3.62. The van der Waals surface area contributed by atoms with Crippen molar-refractivity contribution in [2.45, 2.75) is 12.5 Å². The van der Waals surface area contributed by atoms with E-state index in [0.717, 1.165) is 0 Å². The van der Waals surface area contributed by atoms with E-state index in [9.17, 15) is 13.2 Å². The molecule has 2 aliphatic rings. The summed E-state index contributed by atoms with van der Waals surface area (Å²) in [6.45, 7) is 0.823. The molecule has 7 nitrogen and oxygen atoms in total. The average Bonchev–Trinajstić information content (AvgIpc) is 2.84. The number of amides is 1. The first-order valence-electron chi connectivity index (χ1n) is 7.04. The van der Waals surface area contributed by atoms with Crippen LogP contribution in [-0.4, -0.2) is 51.7 Å². The van der Waals surface area contributed by atoms with Crippen molar-refractivity contribution in [3.05, 3.63) is 18.2 Å². The number of benzene rings is 1. The fraction of sp³-hybridized carbons (Fsp3) is 0.500. The van der Waals surface area contributed by atoms with Crippen LogP contribution in [0.15, 0.2) is 18.2 Å². The molecule has 3 rings (SSSR count). The van der Waals surface area contributed by atoms with Crippen molar-refractivity contribution in [3.8, 4) is 17.2 Å². The quantitative estimate of drug-likeness (QED) is 0.846. The molecule has 1 N–H and O–H groups in total. The maximum absolute atomic E-state index is 11.8. The first kappa shape index (κ1) is 15.0. The molecule has 0 radical (unpaired) electrons. The Hall–Kier alpha value is -1.96. The normalized spacial score (nSPS) is 22.1. The number of hydrogen-bond donors (Lipinski definition) is 1. The Labute approximate surface area is 128 Å². The van der Waals surface area contributed by atoms with Crippen LogP contribution < -0.4 is 19.5 Å². The highest BCUT2D eigenvalue weighted by molar-refractivity contribution is 7.91. The van der Waals surface area contributed by atoms with Gasteiger partial charge < -0.3 is 19.5 Å². The number of ether oxygens (including phenoxy) is 3. The van der Waals surface area contributed by atoms with E-state index in [1.165, 1.54) is 0 Å².